The maximum Gasteiger partial charge on any atom is 0.237 e. The van der Waals surface area contributed by atoms with Gasteiger partial charge in [0.2, 0.25) is 11.8 Å². The van der Waals surface area contributed by atoms with Crippen LogP contribution in [0.15, 0.2) is 59.8 Å². The Kier molecular flexibility index (Phi) is 5.35. The average molecular weight is 407 g/mol. The number of nitrogens with one attached hydrogen (secondary N) is 1. The van der Waals surface area contributed by atoms with Crippen molar-refractivity contribution in [2.75, 3.05) is 16.0 Å². The van der Waals surface area contributed by atoms with E-state index in [-0.39, 0.29) is 30.0 Å². The molecule has 2 aromatic carbocycles. The summed E-state index contributed by atoms with van der Waals surface area (Å²) in [6.07, 6.45) is 0.254. The Labute approximate surface area is 173 Å². The van der Waals surface area contributed by atoms with E-state index in [9.17, 15) is 9.59 Å². The highest BCUT2D eigenvalue weighted by atomic mass is 32.2. The highest BCUT2D eigenvalue weighted by Crippen LogP contribution is 2.32. The molecule has 1 atom stereocenters. The number of carbonyl (C=O) groups is 2. The molecule has 148 valence electrons. The van der Waals surface area contributed by atoms with Crippen LogP contribution in [0.4, 0.5) is 11.4 Å². The number of hydrogen-bond acceptors (Lipinski definition) is 5. The second kappa shape index (κ2) is 8.08. The van der Waals surface area contributed by atoms with Gasteiger partial charge in [0.05, 0.1) is 17.1 Å². The fraction of sp³-hybridized carbons (Fsp3) is 0.238. The van der Waals surface area contributed by atoms with E-state index in [2.05, 4.69) is 15.5 Å². The first-order chi connectivity index (χ1) is 14.0. The highest BCUT2D eigenvalue weighted by molar-refractivity contribution is 7.99. The molecule has 1 aliphatic heterocycles. The smallest absolute Gasteiger partial charge is 0.237 e. The number of para-hydroxylation sites is 3. The fourth-order valence-electron chi connectivity index (χ4n) is 3.47. The maximum absolute atomic E-state index is 13.2. The largest absolute Gasteiger partial charge is 0.324 e. The summed E-state index contributed by atoms with van der Waals surface area (Å²) in [5.74, 6) is 0.783. The summed E-state index contributed by atoms with van der Waals surface area (Å²) in [6.45, 7) is 3.77. The zero-order valence-corrected chi connectivity index (χ0v) is 17.0. The number of rotatable bonds is 4. The SMILES string of the molecule is Cc1nnc(SCC(=O)N2c3ccccc3NC(=O)C[C@H]2C)n1-c1ccccc1. The van der Waals surface area contributed by atoms with Gasteiger partial charge in [-0.25, -0.2) is 0 Å². The van der Waals surface area contributed by atoms with Crippen molar-refractivity contribution in [3.05, 3.63) is 60.4 Å². The predicted molar refractivity (Wildman–Crippen MR) is 113 cm³/mol. The van der Waals surface area contributed by atoms with E-state index in [0.29, 0.717) is 10.8 Å². The van der Waals surface area contributed by atoms with Crippen molar-refractivity contribution < 1.29 is 9.59 Å². The van der Waals surface area contributed by atoms with E-state index in [1.807, 2.05) is 73.0 Å². The molecule has 0 spiro atoms. The van der Waals surface area contributed by atoms with Gasteiger partial charge in [0.1, 0.15) is 5.82 Å². The van der Waals surface area contributed by atoms with Crippen LogP contribution in [0.2, 0.25) is 0 Å². The van der Waals surface area contributed by atoms with Gasteiger partial charge in [-0.2, -0.15) is 0 Å². The molecule has 7 nitrogen and oxygen atoms in total. The highest BCUT2D eigenvalue weighted by Gasteiger charge is 2.29. The fourth-order valence-corrected chi connectivity index (χ4v) is 4.33. The molecule has 0 saturated heterocycles. The van der Waals surface area contributed by atoms with Crippen LogP contribution in [-0.4, -0.2) is 38.4 Å². The minimum atomic E-state index is -0.236. The number of thioether (sulfide) groups is 1. The lowest BCUT2D eigenvalue weighted by Crippen LogP contribution is -2.40. The molecule has 1 aromatic heterocycles. The zero-order chi connectivity index (χ0) is 20.4. The third kappa shape index (κ3) is 3.88. The molecule has 1 aliphatic rings. The first-order valence-electron chi connectivity index (χ1n) is 9.36. The van der Waals surface area contributed by atoms with E-state index < -0.39 is 0 Å². The van der Waals surface area contributed by atoms with Crippen LogP contribution in [0.5, 0.6) is 0 Å². The minimum Gasteiger partial charge on any atom is -0.324 e. The number of benzene rings is 2. The molecule has 29 heavy (non-hydrogen) atoms. The van der Waals surface area contributed by atoms with Crippen LogP contribution in [0.25, 0.3) is 5.69 Å². The monoisotopic (exact) mass is 407 g/mol. The van der Waals surface area contributed by atoms with Gasteiger partial charge >= 0.3 is 0 Å². The summed E-state index contributed by atoms with van der Waals surface area (Å²) < 4.78 is 1.93. The van der Waals surface area contributed by atoms with E-state index in [0.717, 1.165) is 17.2 Å². The van der Waals surface area contributed by atoms with Crippen LogP contribution in [0, 0.1) is 6.92 Å². The molecule has 0 unspecified atom stereocenters. The number of carbonyl (C=O) groups excluding carboxylic acids is 2. The zero-order valence-electron chi connectivity index (χ0n) is 16.2. The first-order valence-corrected chi connectivity index (χ1v) is 10.3. The Hall–Kier alpha value is -3.13. The van der Waals surface area contributed by atoms with E-state index in [1.165, 1.54) is 11.8 Å². The maximum atomic E-state index is 13.2. The molecule has 0 fully saturated rings. The minimum absolute atomic E-state index is 0.0771. The van der Waals surface area contributed by atoms with Crippen molar-refractivity contribution in [3.63, 3.8) is 0 Å². The van der Waals surface area contributed by atoms with E-state index in [1.54, 1.807) is 4.90 Å². The van der Waals surface area contributed by atoms with Crippen molar-refractivity contribution in [2.24, 2.45) is 0 Å². The van der Waals surface area contributed by atoms with Gasteiger partial charge in [0, 0.05) is 18.2 Å². The Bertz CT molecular complexity index is 1050. The number of amides is 2. The molecule has 0 saturated carbocycles. The average Bonchev–Trinajstić information content (AvgIpc) is 3.02. The quantitative estimate of drug-likeness (QED) is 0.670. The second-order valence-electron chi connectivity index (χ2n) is 6.87. The summed E-state index contributed by atoms with van der Waals surface area (Å²) in [7, 11) is 0. The Balaban J connectivity index is 1.57. The topological polar surface area (TPSA) is 80.1 Å². The van der Waals surface area contributed by atoms with Gasteiger partial charge in [-0.3, -0.25) is 14.2 Å². The van der Waals surface area contributed by atoms with Crippen LogP contribution < -0.4 is 10.2 Å². The summed E-state index contributed by atoms with van der Waals surface area (Å²) >= 11 is 1.34. The van der Waals surface area contributed by atoms with Crippen LogP contribution in [0.1, 0.15) is 19.2 Å². The van der Waals surface area contributed by atoms with Gasteiger partial charge in [-0.1, -0.05) is 42.1 Å². The molecular formula is C21H21N5O2S. The summed E-state index contributed by atoms with van der Waals surface area (Å²) in [5.41, 5.74) is 2.33. The molecule has 4 rings (SSSR count). The van der Waals surface area contributed by atoms with Crippen molar-refractivity contribution in [2.45, 2.75) is 31.5 Å². The normalized spacial score (nSPS) is 16.1. The molecule has 0 radical (unpaired) electrons. The van der Waals surface area contributed by atoms with Gasteiger partial charge in [0.15, 0.2) is 5.16 Å². The molecule has 1 N–H and O–H groups in total. The molecule has 2 heterocycles. The summed E-state index contributed by atoms with van der Waals surface area (Å²) in [5, 5.41) is 12.0. The van der Waals surface area contributed by atoms with Crippen LogP contribution >= 0.6 is 11.8 Å². The molecule has 2 amide bonds. The second-order valence-corrected chi connectivity index (χ2v) is 7.81. The number of fused-ring (bicyclic) bond motifs is 1. The lowest BCUT2D eigenvalue weighted by Gasteiger charge is -2.27. The third-order valence-electron chi connectivity index (χ3n) is 4.76. The molecular weight excluding hydrogens is 386 g/mol. The molecule has 3 aromatic rings. The lowest BCUT2D eigenvalue weighted by atomic mass is 10.2. The van der Waals surface area contributed by atoms with Gasteiger partial charge in [0.25, 0.3) is 0 Å². The van der Waals surface area contributed by atoms with Gasteiger partial charge < -0.3 is 10.2 Å². The van der Waals surface area contributed by atoms with E-state index >= 15 is 0 Å². The van der Waals surface area contributed by atoms with Gasteiger partial charge in [-0.05, 0) is 38.1 Å². The first kappa shape index (κ1) is 19.2. The molecule has 0 aliphatic carbocycles. The Morgan fingerprint density at radius 1 is 1.14 bits per heavy atom. The van der Waals surface area contributed by atoms with Crippen molar-refractivity contribution in [1.29, 1.82) is 0 Å². The number of anilines is 2. The number of hydrogen-bond donors (Lipinski definition) is 1. The van der Waals surface area contributed by atoms with E-state index in [4.69, 9.17) is 0 Å². The van der Waals surface area contributed by atoms with Crippen molar-refractivity contribution in [3.8, 4) is 5.69 Å². The Morgan fingerprint density at radius 3 is 2.66 bits per heavy atom. The standard InChI is InChI=1S/C21H21N5O2S/c1-14-12-19(27)22-17-10-6-7-11-18(17)25(14)20(28)13-29-21-24-23-15(2)26(21)16-8-4-3-5-9-16/h3-11,14H,12-13H2,1-2H3,(H,22,27)/t14-/m1/s1. The molecule has 8 heteroatoms. The summed E-state index contributed by atoms with van der Waals surface area (Å²) in [4.78, 5) is 27.0. The lowest BCUT2D eigenvalue weighted by molar-refractivity contribution is -0.117. The predicted octanol–water partition coefficient (Wildman–Crippen LogP) is 3.43. The number of aromatic nitrogens is 3. The van der Waals surface area contributed by atoms with Crippen LogP contribution in [0.3, 0.4) is 0 Å². The van der Waals surface area contributed by atoms with Crippen LogP contribution in [-0.2, 0) is 9.59 Å². The number of aryl methyl sites for hydroxylation is 1. The molecule has 0 bridgehead atoms. The Morgan fingerprint density at radius 2 is 1.86 bits per heavy atom. The summed E-state index contributed by atoms with van der Waals surface area (Å²) in [6, 6.07) is 17.0. The van der Waals surface area contributed by atoms with Crippen molar-refractivity contribution >= 4 is 35.0 Å². The van der Waals surface area contributed by atoms with Crippen molar-refractivity contribution in [1.82, 2.24) is 14.8 Å². The number of nitrogens with zero attached hydrogens (tertiary/aromatic N) is 4. The third-order valence-corrected chi connectivity index (χ3v) is 5.68. The van der Waals surface area contributed by atoms with Gasteiger partial charge in [-0.15, -0.1) is 10.2 Å².